The summed E-state index contributed by atoms with van der Waals surface area (Å²) in [4.78, 5) is 10.2. The summed E-state index contributed by atoms with van der Waals surface area (Å²) in [6.45, 7) is 5.71. The van der Waals surface area contributed by atoms with E-state index >= 15 is 0 Å². The van der Waals surface area contributed by atoms with Crippen LogP contribution in [0.2, 0.25) is 0 Å². The number of ether oxygens (including phenoxy) is 1. The molecule has 1 N–H and O–H groups in total. The van der Waals surface area contributed by atoms with Gasteiger partial charge in [0, 0.05) is 12.1 Å². The summed E-state index contributed by atoms with van der Waals surface area (Å²) in [6.07, 6.45) is 0. The fourth-order valence-corrected chi connectivity index (χ4v) is 1.66. The number of benzene rings is 1. The Kier molecular flexibility index (Phi) is 4.84. The molecule has 19 heavy (non-hydrogen) atoms. The van der Waals surface area contributed by atoms with E-state index in [4.69, 9.17) is 10.00 Å². The Bertz CT molecular complexity index is 496. The second-order valence-corrected chi connectivity index (χ2v) is 4.79. The summed E-state index contributed by atoms with van der Waals surface area (Å²) in [5.74, 6) is 0.376. The van der Waals surface area contributed by atoms with Gasteiger partial charge in [-0.05, 0) is 26.8 Å². The number of nitriles is 1. The van der Waals surface area contributed by atoms with Crippen LogP contribution >= 0.6 is 0 Å². The maximum Gasteiger partial charge on any atom is 0.273 e. The molecule has 0 bridgehead atoms. The van der Waals surface area contributed by atoms with Crippen LogP contribution in [0.25, 0.3) is 0 Å². The zero-order chi connectivity index (χ0) is 14.5. The predicted molar refractivity (Wildman–Crippen MR) is 70.9 cm³/mol. The van der Waals surface area contributed by atoms with E-state index in [0.717, 1.165) is 0 Å². The van der Waals surface area contributed by atoms with Gasteiger partial charge in [0.15, 0.2) is 0 Å². The first-order valence-electron chi connectivity index (χ1n) is 5.92. The maximum atomic E-state index is 10.6. The van der Waals surface area contributed by atoms with E-state index in [1.54, 1.807) is 19.1 Å². The number of hydrogen-bond donors (Lipinski definition) is 1. The van der Waals surface area contributed by atoms with E-state index in [0.29, 0.717) is 5.75 Å². The van der Waals surface area contributed by atoms with Gasteiger partial charge in [-0.15, -0.1) is 0 Å². The quantitative estimate of drug-likeness (QED) is 0.628. The summed E-state index contributed by atoms with van der Waals surface area (Å²) in [7, 11) is 0. The van der Waals surface area contributed by atoms with Crippen LogP contribution in [-0.4, -0.2) is 23.1 Å². The van der Waals surface area contributed by atoms with Crippen molar-refractivity contribution in [2.75, 3.05) is 6.61 Å². The Morgan fingerprint density at radius 2 is 2.26 bits per heavy atom. The van der Waals surface area contributed by atoms with E-state index in [1.807, 2.05) is 13.8 Å². The van der Waals surface area contributed by atoms with Crippen LogP contribution < -0.4 is 10.1 Å². The van der Waals surface area contributed by atoms with Crippen LogP contribution in [-0.2, 0) is 0 Å². The molecule has 0 fully saturated rings. The molecule has 102 valence electrons. The summed E-state index contributed by atoms with van der Waals surface area (Å²) < 4.78 is 5.46. The van der Waals surface area contributed by atoms with E-state index < -0.39 is 10.5 Å². The van der Waals surface area contributed by atoms with Crippen molar-refractivity contribution in [3.8, 4) is 11.8 Å². The Morgan fingerprint density at radius 3 is 2.79 bits per heavy atom. The van der Waals surface area contributed by atoms with Gasteiger partial charge in [0.2, 0.25) is 0 Å². The molecule has 0 spiro atoms. The van der Waals surface area contributed by atoms with Crippen LogP contribution in [0.15, 0.2) is 24.3 Å². The van der Waals surface area contributed by atoms with Crippen LogP contribution in [0.4, 0.5) is 5.69 Å². The molecular formula is C13H17N3O3. The zero-order valence-corrected chi connectivity index (χ0v) is 11.2. The van der Waals surface area contributed by atoms with Crippen molar-refractivity contribution in [3.05, 3.63) is 34.4 Å². The van der Waals surface area contributed by atoms with Crippen LogP contribution in [0, 0.1) is 21.4 Å². The Morgan fingerprint density at radius 1 is 1.58 bits per heavy atom. The van der Waals surface area contributed by atoms with E-state index in [2.05, 4.69) is 11.4 Å². The van der Waals surface area contributed by atoms with Crippen molar-refractivity contribution >= 4 is 5.69 Å². The molecule has 1 atom stereocenters. The number of rotatable bonds is 6. The molecule has 1 aromatic carbocycles. The number of nitrogens with zero attached hydrogens (tertiary/aromatic N) is 2. The monoisotopic (exact) mass is 263 g/mol. The Labute approximate surface area is 112 Å². The van der Waals surface area contributed by atoms with E-state index in [1.165, 1.54) is 12.1 Å². The molecule has 0 saturated heterocycles. The molecular weight excluding hydrogens is 246 g/mol. The zero-order valence-electron chi connectivity index (χ0n) is 11.2. The number of nitro groups is 1. The van der Waals surface area contributed by atoms with Gasteiger partial charge in [0.1, 0.15) is 17.9 Å². The fraction of sp³-hybridized carbons (Fsp3) is 0.462. The summed E-state index contributed by atoms with van der Waals surface area (Å²) in [5, 5.41) is 22.9. The normalized spacial score (nSPS) is 13.6. The highest BCUT2D eigenvalue weighted by molar-refractivity contribution is 5.38. The molecule has 0 amide bonds. The van der Waals surface area contributed by atoms with Crippen molar-refractivity contribution < 1.29 is 9.66 Å². The Hall–Kier alpha value is -2.13. The topological polar surface area (TPSA) is 88.2 Å². The molecule has 1 aromatic rings. The average Bonchev–Trinajstić information content (AvgIpc) is 2.36. The van der Waals surface area contributed by atoms with Gasteiger partial charge >= 0.3 is 0 Å². The molecule has 1 rings (SSSR count). The predicted octanol–water partition coefficient (Wildman–Crippen LogP) is 2.25. The number of non-ortho nitro benzene ring substituents is 1. The van der Waals surface area contributed by atoms with Gasteiger partial charge in [0.25, 0.3) is 5.69 Å². The lowest BCUT2D eigenvalue weighted by Crippen LogP contribution is -2.49. The first kappa shape index (κ1) is 14.9. The smallest absolute Gasteiger partial charge is 0.273 e. The minimum Gasteiger partial charge on any atom is -0.490 e. The molecule has 6 nitrogen and oxygen atoms in total. The average molecular weight is 263 g/mol. The molecule has 0 heterocycles. The van der Waals surface area contributed by atoms with Crippen LogP contribution in [0.3, 0.4) is 0 Å². The van der Waals surface area contributed by atoms with Gasteiger partial charge in [0.05, 0.1) is 17.1 Å². The lowest BCUT2D eigenvalue weighted by atomic mass is 10.1. The summed E-state index contributed by atoms with van der Waals surface area (Å²) in [6, 6.07) is 8.19. The highest BCUT2D eigenvalue weighted by Gasteiger charge is 2.25. The van der Waals surface area contributed by atoms with Crippen molar-refractivity contribution in [1.29, 1.82) is 5.26 Å². The lowest BCUT2D eigenvalue weighted by molar-refractivity contribution is -0.384. The highest BCUT2D eigenvalue weighted by atomic mass is 16.6. The SMILES string of the molecule is CC(C)NC(C)(C#N)COc1cccc([N+](=O)[O-])c1. The molecule has 0 aliphatic heterocycles. The van der Waals surface area contributed by atoms with Crippen molar-refractivity contribution in [2.45, 2.75) is 32.4 Å². The lowest BCUT2D eigenvalue weighted by Gasteiger charge is -2.25. The molecule has 0 aliphatic rings. The molecule has 6 heteroatoms. The molecule has 0 saturated carbocycles. The Balaban J connectivity index is 2.73. The standard InChI is InChI=1S/C13H17N3O3/c1-10(2)15-13(3,8-14)9-19-12-6-4-5-11(7-12)16(17)18/h4-7,10,15H,9H2,1-3H3. The second-order valence-electron chi connectivity index (χ2n) is 4.79. The number of hydrogen-bond acceptors (Lipinski definition) is 5. The van der Waals surface area contributed by atoms with Crippen LogP contribution in [0.5, 0.6) is 5.75 Å². The van der Waals surface area contributed by atoms with E-state index in [9.17, 15) is 10.1 Å². The van der Waals surface area contributed by atoms with Gasteiger partial charge < -0.3 is 4.74 Å². The third-order valence-electron chi connectivity index (χ3n) is 2.41. The van der Waals surface area contributed by atoms with E-state index in [-0.39, 0.29) is 18.3 Å². The first-order valence-corrected chi connectivity index (χ1v) is 5.92. The molecule has 1 unspecified atom stereocenters. The van der Waals surface area contributed by atoms with Crippen molar-refractivity contribution in [1.82, 2.24) is 5.32 Å². The highest BCUT2D eigenvalue weighted by Crippen LogP contribution is 2.20. The second kappa shape index (κ2) is 6.16. The summed E-state index contributed by atoms with van der Waals surface area (Å²) in [5.41, 5.74) is -0.869. The van der Waals surface area contributed by atoms with Crippen LogP contribution in [0.1, 0.15) is 20.8 Å². The van der Waals surface area contributed by atoms with Gasteiger partial charge in [-0.3, -0.25) is 15.4 Å². The number of nitro benzene ring substituents is 1. The summed E-state index contributed by atoms with van der Waals surface area (Å²) >= 11 is 0. The van der Waals surface area contributed by atoms with Crippen molar-refractivity contribution in [2.24, 2.45) is 0 Å². The number of nitrogens with one attached hydrogen (secondary N) is 1. The van der Waals surface area contributed by atoms with Gasteiger partial charge in [-0.1, -0.05) is 6.07 Å². The maximum absolute atomic E-state index is 10.6. The molecule has 0 aromatic heterocycles. The minimum atomic E-state index is -0.835. The largest absolute Gasteiger partial charge is 0.490 e. The molecule has 0 radical (unpaired) electrons. The molecule has 0 aliphatic carbocycles. The van der Waals surface area contributed by atoms with Gasteiger partial charge in [-0.2, -0.15) is 5.26 Å². The first-order chi connectivity index (χ1) is 8.86. The minimum absolute atomic E-state index is 0.0343. The third kappa shape index (κ3) is 4.56. The third-order valence-corrected chi connectivity index (χ3v) is 2.41. The van der Waals surface area contributed by atoms with Crippen molar-refractivity contribution in [3.63, 3.8) is 0 Å². The fourth-order valence-electron chi connectivity index (χ4n) is 1.66. The van der Waals surface area contributed by atoms with Gasteiger partial charge in [-0.25, -0.2) is 0 Å².